The van der Waals surface area contributed by atoms with Gasteiger partial charge >= 0.3 is 0 Å². The molecule has 0 radical (unpaired) electrons. The van der Waals surface area contributed by atoms with Gasteiger partial charge < -0.3 is 19.9 Å². The molecule has 0 amide bonds. The highest BCUT2D eigenvalue weighted by molar-refractivity contribution is 5.78. The first-order valence-corrected chi connectivity index (χ1v) is 10.9. The van der Waals surface area contributed by atoms with Crippen molar-refractivity contribution >= 4 is 17.0 Å². The standard InChI is InChI=1S/C21H28N8O/c1-21(2)13-22-7-8-28(21)17-9-19(27-11-14-3-4-15(12-27)30-14)26-29-18(17)10-23-20(29)16-5-6-24-25-16/h5-6,9-10,14-15,22H,3-4,7-8,11-13H2,1-2H3,(H,24,25). The molecule has 2 atom stereocenters. The molecule has 158 valence electrons. The van der Waals surface area contributed by atoms with Gasteiger partial charge in [-0.05, 0) is 32.8 Å². The molecule has 3 aromatic heterocycles. The summed E-state index contributed by atoms with van der Waals surface area (Å²) in [5.74, 6) is 1.78. The SMILES string of the molecule is CC1(C)CNCCN1c1cc(N2CC3CCC(C2)O3)nn2c(-c3ccn[nH]3)ncc12. The maximum atomic E-state index is 6.06. The third kappa shape index (κ3) is 2.87. The van der Waals surface area contributed by atoms with Crippen molar-refractivity contribution in [1.82, 2.24) is 30.1 Å². The molecule has 0 aliphatic carbocycles. The second kappa shape index (κ2) is 6.68. The van der Waals surface area contributed by atoms with Crippen LogP contribution >= 0.6 is 0 Å². The zero-order valence-corrected chi connectivity index (χ0v) is 17.5. The molecule has 2 bridgehead atoms. The van der Waals surface area contributed by atoms with Crippen LogP contribution in [0.4, 0.5) is 11.5 Å². The van der Waals surface area contributed by atoms with Crippen molar-refractivity contribution in [3.8, 4) is 11.5 Å². The zero-order chi connectivity index (χ0) is 20.3. The number of H-pyrrole nitrogens is 1. The van der Waals surface area contributed by atoms with Crippen LogP contribution in [-0.2, 0) is 4.74 Å². The van der Waals surface area contributed by atoms with Gasteiger partial charge in [-0.3, -0.25) is 5.10 Å². The number of morpholine rings is 1. The number of piperazine rings is 1. The number of nitrogens with one attached hydrogen (secondary N) is 2. The number of aromatic nitrogens is 5. The Kier molecular flexibility index (Phi) is 4.04. The van der Waals surface area contributed by atoms with Gasteiger partial charge in [-0.1, -0.05) is 0 Å². The topological polar surface area (TPSA) is 86.6 Å². The van der Waals surface area contributed by atoms with Gasteiger partial charge in [-0.2, -0.15) is 5.10 Å². The summed E-state index contributed by atoms with van der Waals surface area (Å²) < 4.78 is 8.04. The molecule has 30 heavy (non-hydrogen) atoms. The van der Waals surface area contributed by atoms with Crippen LogP contribution in [0.15, 0.2) is 24.5 Å². The van der Waals surface area contributed by atoms with Gasteiger partial charge in [-0.25, -0.2) is 9.50 Å². The van der Waals surface area contributed by atoms with Gasteiger partial charge in [0.15, 0.2) is 11.6 Å². The predicted octanol–water partition coefficient (Wildman–Crippen LogP) is 1.68. The van der Waals surface area contributed by atoms with E-state index in [1.165, 1.54) is 5.69 Å². The van der Waals surface area contributed by atoms with E-state index in [0.29, 0.717) is 12.2 Å². The van der Waals surface area contributed by atoms with E-state index in [1.807, 2.05) is 16.8 Å². The van der Waals surface area contributed by atoms with Crippen LogP contribution in [0.5, 0.6) is 0 Å². The molecular weight excluding hydrogens is 380 g/mol. The highest BCUT2D eigenvalue weighted by atomic mass is 16.5. The van der Waals surface area contributed by atoms with Crippen LogP contribution in [0.3, 0.4) is 0 Å². The number of rotatable bonds is 3. The van der Waals surface area contributed by atoms with Crippen molar-refractivity contribution in [1.29, 1.82) is 0 Å². The molecular formula is C21H28N8O. The summed E-state index contributed by atoms with van der Waals surface area (Å²) in [7, 11) is 0. The first kappa shape index (κ1) is 18.1. The summed E-state index contributed by atoms with van der Waals surface area (Å²) >= 11 is 0. The average molecular weight is 409 g/mol. The summed E-state index contributed by atoms with van der Waals surface area (Å²) in [6.07, 6.45) is 6.60. The second-order valence-corrected chi connectivity index (χ2v) is 9.24. The fourth-order valence-electron chi connectivity index (χ4n) is 5.12. The Morgan fingerprint density at radius 3 is 2.77 bits per heavy atom. The lowest BCUT2D eigenvalue weighted by molar-refractivity contribution is 0.0301. The number of fused-ring (bicyclic) bond motifs is 3. The number of nitrogens with zero attached hydrogens (tertiary/aromatic N) is 6. The van der Waals surface area contributed by atoms with Crippen molar-refractivity contribution in [2.24, 2.45) is 0 Å². The van der Waals surface area contributed by atoms with Crippen molar-refractivity contribution in [3.63, 3.8) is 0 Å². The first-order chi connectivity index (χ1) is 14.6. The van der Waals surface area contributed by atoms with E-state index in [1.54, 1.807) is 6.20 Å². The normalized spacial score (nSPS) is 25.9. The quantitative estimate of drug-likeness (QED) is 0.682. The lowest BCUT2D eigenvalue weighted by Gasteiger charge is -2.45. The summed E-state index contributed by atoms with van der Waals surface area (Å²) in [6, 6.07) is 4.19. The Balaban J connectivity index is 1.51. The van der Waals surface area contributed by atoms with E-state index in [2.05, 4.69) is 45.2 Å². The minimum Gasteiger partial charge on any atom is -0.371 e. The largest absolute Gasteiger partial charge is 0.371 e. The summed E-state index contributed by atoms with van der Waals surface area (Å²) in [5, 5.41) is 15.7. The number of ether oxygens (including phenoxy) is 1. The molecule has 2 N–H and O–H groups in total. The molecule has 3 saturated heterocycles. The molecule has 3 fully saturated rings. The van der Waals surface area contributed by atoms with E-state index >= 15 is 0 Å². The van der Waals surface area contributed by atoms with Gasteiger partial charge in [0.2, 0.25) is 0 Å². The predicted molar refractivity (Wildman–Crippen MR) is 115 cm³/mol. The number of anilines is 2. The van der Waals surface area contributed by atoms with Gasteiger partial charge in [-0.15, -0.1) is 5.10 Å². The maximum absolute atomic E-state index is 6.06. The molecule has 3 aromatic rings. The molecule has 0 spiro atoms. The van der Waals surface area contributed by atoms with Crippen molar-refractivity contribution in [2.45, 2.75) is 44.4 Å². The van der Waals surface area contributed by atoms with Crippen molar-refractivity contribution < 1.29 is 4.74 Å². The van der Waals surface area contributed by atoms with E-state index in [9.17, 15) is 0 Å². The minimum atomic E-state index is -0.000177. The van der Waals surface area contributed by atoms with Crippen LogP contribution in [0.1, 0.15) is 26.7 Å². The number of imidazole rings is 1. The van der Waals surface area contributed by atoms with Crippen LogP contribution < -0.4 is 15.1 Å². The monoisotopic (exact) mass is 408 g/mol. The summed E-state index contributed by atoms with van der Waals surface area (Å²) in [6.45, 7) is 9.23. The number of hydrogen-bond donors (Lipinski definition) is 2. The summed E-state index contributed by atoms with van der Waals surface area (Å²) in [4.78, 5) is 9.60. The van der Waals surface area contributed by atoms with Crippen molar-refractivity contribution in [3.05, 3.63) is 24.5 Å². The molecule has 0 aromatic carbocycles. The second-order valence-electron chi connectivity index (χ2n) is 9.24. The Labute approximate surface area is 175 Å². The maximum Gasteiger partial charge on any atom is 0.179 e. The van der Waals surface area contributed by atoms with Gasteiger partial charge in [0.05, 0.1) is 24.1 Å². The zero-order valence-electron chi connectivity index (χ0n) is 17.5. The molecule has 9 heteroatoms. The fourth-order valence-corrected chi connectivity index (χ4v) is 5.12. The van der Waals surface area contributed by atoms with E-state index in [0.717, 1.165) is 68.4 Å². The van der Waals surface area contributed by atoms with E-state index in [4.69, 9.17) is 14.8 Å². The molecule has 6 rings (SSSR count). The molecule has 9 nitrogen and oxygen atoms in total. The third-order valence-corrected chi connectivity index (χ3v) is 6.67. The summed E-state index contributed by atoms with van der Waals surface area (Å²) in [5.41, 5.74) is 3.07. The van der Waals surface area contributed by atoms with E-state index in [-0.39, 0.29) is 5.54 Å². The number of hydrogen-bond acceptors (Lipinski definition) is 7. The fraction of sp³-hybridized carbons (Fsp3) is 0.571. The van der Waals surface area contributed by atoms with Crippen LogP contribution in [-0.4, -0.2) is 75.3 Å². The Morgan fingerprint density at radius 2 is 2.03 bits per heavy atom. The highest BCUT2D eigenvalue weighted by Crippen LogP contribution is 2.35. The number of aromatic amines is 1. The van der Waals surface area contributed by atoms with Crippen LogP contribution in [0.25, 0.3) is 17.0 Å². The van der Waals surface area contributed by atoms with Crippen LogP contribution in [0, 0.1) is 0 Å². The Morgan fingerprint density at radius 1 is 1.20 bits per heavy atom. The minimum absolute atomic E-state index is 0.000177. The van der Waals surface area contributed by atoms with Crippen molar-refractivity contribution in [2.75, 3.05) is 42.5 Å². The molecule has 3 aliphatic rings. The smallest absolute Gasteiger partial charge is 0.179 e. The molecule has 6 heterocycles. The van der Waals surface area contributed by atoms with Gasteiger partial charge in [0.25, 0.3) is 0 Å². The molecule has 0 saturated carbocycles. The Bertz CT molecular complexity index is 1050. The Hall–Kier alpha value is -2.65. The molecule has 3 aliphatic heterocycles. The lowest BCUT2D eigenvalue weighted by Crippen LogP contribution is -2.58. The van der Waals surface area contributed by atoms with Gasteiger partial charge in [0, 0.05) is 50.5 Å². The lowest BCUT2D eigenvalue weighted by atomic mass is 9.99. The molecule has 2 unspecified atom stereocenters. The van der Waals surface area contributed by atoms with Crippen LogP contribution in [0.2, 0.25) is 0 Å². The average Bonchev–Trinajstić information content (AvgIpc) is 3.47. The third-order valence-electron chi connectivity index (χ3n) is 6.67. The van der Waals surface area contributed by atoms with E-state index < -0.39 is 0 Å². The first-order valence-electron chi connectivity index (χ1n) is 10.9. The van der Waals surface area contributed by atoms with Gasteiger partial charge in [0.1, 0.15) is 11.2 Å². The highest BCUT2D eigenvalue weighted by Gasteiger charge is 2.36.